The molecule has 1 amide bonds. The van der Waals surface area contributed by atoms with Crippen molar-refractivity contribution in [1.82, 2.24) is 14.8 Å². The van der Waals surface area contributed by atoms with E-state index in [2.05, 4.69) is 48.4 Å². The number of carbonyl (C=O) groups excluding carboxylic acids is 2. The molecule has 1 atom stereocenters. The molecule has 0 spiro atoms. The number of ether oxygens (including phenoxy) is 2. The van der Waals surface area contributed by atoms with Gasteiger partial charge < -0.3 is 19.4 Å². The summed E-state index contributed by atoms with van der Waals surface area (Å²) >= 11 is 2.66. The maximum Gasteiger partial charge on any atom is 0.341 e. The van der Waals surface area contributed by atoms with E-state index in [-0.39, 0.29) is 29.8 Å². The molecule has 0 radical (unpaired) electrons. The SMILES string of the molecule is CCOC(=O)c1cc(CC)sc1NC(=O)CSc1nnc(C(C)Oc2ccc(C(C)(C)C)cc2)n1C. The fraction of sp³-hybridized carbons (Fsp3) is 0.462. The van der Waals surface area contributed by atoms with E-state index in [4.69, 9.17) is 9.47 Å². The highest BCUT2D eigenvalue weighted by atomic mass is 32.2. The van der Waals surface area contributed by atoms with Crippen LogP contribution in [0.4, 0.5) is 5.00 Å². The summed E-state index contributed by atoms with van der Waals surface area (Å²) in [6, 6.07) is 9.85. The van der Waals surface area contributed by atoms with Crippen LogP contribution in [0.1, 0.15) is 74.3 Å². The van der Waals surface area contributed by atoms with Crippen molar-refractivity contribution < 1.29 is 19.1 Å². The lowest BCUT2D eigenvalue weighted by molar-refractivity contribution is -0.113. The Balaban J connectivity index is 1.61. The summed E-state index contributed by atoms with van der Waals surface area (Å²) in [6.45, 7) is 12.5. The third kappa shape index (κ3) is 6.88. The van der Waals surface area contributed by atoms with E-state index >= 15 is 0 Å². The maximum absolute atomic E-state index is 12.6. The molecule has 36 heavy (non-hydrogen) atoms. The van der Waals surface area contributed by atoms with Crippen LogP contribution in [-0.4, -0.2) is 39.0 Å². The number of hydrogen-bond acceptors (Lipinski definition) is 8. The van der Waals surface area contributed by atoms with E-state index in [1.165, 1.54) is 28.7 Å². The Morgan fingerprint density at radius 2 is 1.86 bits per heavy atom. The van der Waals surface area contributed by atoms with Crippen LogP contribution >= 0.6 is 23.1 Å². The molecule has 1 aromatic carbocycles. The molecule has 3 aromatic rings. The lowest BCUT2D eigenvalue weighted by Gasteiger charge is -2.20. The molecule has 1 N–H and O–H groups in total. The van der Waals surface area contributed by atoms with E-state index in [1.807, 2.05) is 37.6 Å². The average Bonchev–Trinajstić information content (AvgIpc) is 3.40. The smallest absolute Gasteiger partial charge is 0.341 e. The second kappa shape index (κ2) is 11.9. The number of nitrogens with zero attached hydrogens (tertiary/aromatic N) is 3. The summed E-state index contributed by atoms with van der Waals surface area (Å²) < 4.78 is 13.0. The first kappa shape index (κ1) is 27.7. The average molecular weight is 531 g/mol. The van der Waals surface area contributed by atoms with Crippen molar-refractivity contribution in [1.29, 1.82) is 0 Å². The minimum atomic E-state index is -0.434. The molecule has 3 rings (SSSR count). The number of thioether (sulfide) groups is 1. The lowest BCUT2D eigenvalue weighted by Crippen LogP contribution is -2.16. The first-order chi connectivity index (χ1) is 17.0. The molecule has 0 saturated heterocycles. The van der Waals surface area contributed by atoms with Gasteiger partial charge in [0.05, 0.1) is 17.9 Å². The van der Waals surface area contributed by atoms with Crippen LogP contribution in [0.25, 0.3) is 0 Å². The molecule has 0 aliphatic carbocycles. The summed E-state index contributed by atoms with van der Waals surface area (Å²) in [4.78, 5) is 25.9. The monoisotopic (exact) mass is 530 g/mol. The number of esters is 1. The van der Waals surface area contributed by atoms with E-state index in [9.17, 15) is 9.59 Å². The fourth-order valence-electron chi connectivity index (χ4n) is 3.46. The van der Waals surface area contributed by atoms with Crippen LogP contribution < -0.4 is 10.1 Å². The molecule has 0 fully saturated rings. The third-order valence-electron chi connectivity index (χ3n) is 5.48. The zero-order valence-corrected chi connectivity index (χ0v) is 23.5. The van der Waals surface area contributed by atoms with E-state index in [0.717, 1.165) is 17.0 Å². The van der Waals surface area contributed by atoms with Gasteiger partial charge in [-0.25, -0.2) is 4.79 Å². The second-order valence-electron chi connectivity index (χ2n) is 9.30. The third-order valence-corrected chi connectivity index (χ3v) is 7.69. The minimum absolute atomic E-state index is 0.0777. The molecule has 0 aliphatic heterocycles. The molecular weight excluding hydrogens is 496 g/mol. The summed E-state index contributed by atoms with van der Waals surface area (Å²) in [5.74, 6) is 0.872. The molecular formula is C26H34N4O4S2. The first-order valence-corrected chi connectivity index (χ1v) is 13.7. The van der Waals surface area contributed by atoms with Gasteiger partial charge in [-0.1, -0.05) is 51.6 Å². The number of nitrogens with one attached hydrogen (secondary N) is 1. The Morgan fingerprint density at radius 1 is 1.17 bits per heavy atom. The van der Waals surface area contributed by atoms with E-state index < -0.39 is 5.97 Å². The normalized spacial score (nSPS) is 12.3. The summed E-state index contributed by atoms with van der Waals surface area (Å²) in [5, 5.41) is 12.5. The molecule has 1 unspecified atom stereocenters. The first-order valence-electron chi connectivity index (χ1n) is 11.9. The summed E-state index contributed by atoms with van der Waals surface area (Å²) in [7, 11) is 1.85. The molecule has 194 valence electrons. The van der Waals surface area contributed by atoms with Gasteiger partial charge in [0.15, 0.2) is 17.1 Å². The number of amides is 1. The van der Waals surface area contributed by atoms with Crippen LogP contribution in [0, 0.1) is 0 Å². The quantitative estimate of drug-likeness (QED) is 0.262. The molecule has 0 aliphatic rings. The van der Waals surface area contributed by atoms with Crippen molar-refractivity contribution in [3.63, 3.8) is 0 Å². The Labute approximate surface area is 220 Å². The van der Waals surface area contributed by atoms with Gasteiger partial charge in [-0.2, -0.15) is 0 Å². The number of benzene rings is 1. The van der Waals surface area contributed by atoms with Crippen molar-refractivity contribution in [3.05, 3.63) is 52.2 Å². The number of thiophene rings is 1. The number of anilines is 1. The van der Waals surface area contributed by atoms with Gasteiger partial charge in [0.25, 0.3) is 0 Å². The molecule has 8 nitrogen and oxygen atoms in total. The van der Waals surface area contributed by atoms with Crippen LogP contribution in [-0.2, 0) is 28.4 Å². The summed E-state index contributed by atoms with van der Waals surface area (Å²) in [5.41, 5.74) is 1.70. The van der Waals surface area contributed by atoms with Gasteiger partial charge in [-0.3, -0.25) is 4.79 Å². The predicted octanol–water partition coefficient (Wildman–Crippen LogP) is 5.78. The highest BCUT2D eigenvalue weighted by Crippen LogP contribution is 2.30. The van der Waals surface area contributed by atoms with Crippen LogP contribution in [0.2, 0.25) is 0 Å². The number of rotatable bonds is 10. The summed E-state index contributed by atoms with van der Waals surface area (Å²) in [6.07, 6.45) is 0.446. The van der Waals surface area contributed by atoms with Gasteiger partial charge in [0.2, 0.25) is 5.91 Å². The molecule has 10 heteroatoms. The zero-order valence-electron chi connectivity index (χ0n) is 21.9. The van der Waals surface area contributed by atoms with Crippen molar-refractivity contribution >= 4 is 40.0 Å². The molecule has 0 saturated carbocycles. The van der Waals surface area contributed by atoms with Crippen LogP contribution in [0.5, 0.6) is 5.75 Å². The fourth-order valence-corrected chi connectivity index (χ4v) is 5.18. The van der Waals surface area contributed by atoms with Gasteiger partial charge in [0, 0.05) is 11.9 Å². The van der Waals surface area contributed by atoms with Crippen molar-refractivity contribution in [2.75, 3.05) is 17.7 Å². The number of hydrogen-bond donors (Lipinski definition) is 1. The predicted molar refractivity (Wildman–Crippen MR) is 144 cm³/mol. The van der Waals surface area contributed by atoms with Gasteiger partial charge in [-0.05, 0) is 49.4 Å². The van der Waals surface area contributed by atoms with Crippen molar-refractivity contribution in [2.24, 2.45) is 7.05 Å². The number of aromatic nitrogens is 3. The maximum atomic E-state index is 12.6. The standard InChI is InChI=1S/C26H34N4O4S2/c1-8-19-14-20(24(32)33-9-2)23(36-19)27-21(31)15-35-25-29-28-22(30(25)7)16(3)34-18-12-10-17(11-13-18)26(4,5)6/h10-14,16H,8-9,15H2,1-7H3,(H,27,31). The largest absolute Gasteiger partial charge is 0.483 e. The molecule has 2 aromatic heterocycles. The minimum Gasteiger partial charge on any atom is -0.483 e. The number of aryl methyl sites for hydroxylation is 1. The molecule has 0 bridgehead atoms. The van der Waals surface area contributed by atoms with Crippen molar-refractivity contribution in [2.45, 2.75) is 64.6 Å². The van der Waals surface area contributed by atoms with Gasteiger partial charge in [0.1, 0.15) is 10.8 Å². The van der Waals surface area contributed by atoms with E-state index in [1.54, 1.807) is 13.0 Å². The highest BCUT2D eigenvalue weighted by Gasteiger charge is 2.21. The Kier molecular flexibility index (Phi) is 9.19. The lowest BCUT2D eigenvalue weighted by atomic mass is 9.87. The number of carbonyl (C=O) groups is 2. The van der Waals surface area contributed by atoms with Gasteiger partial charge in [-0.15, -0.1) is 21.5 Å². The Hall–Kier alpha value is -2.85. The Morgan fingerprint density at radius 3 is 2.47 bits per heavy atom. The van der Waals surface area contributed by atoms with Gasteiger partial charge >= 0.3 is 5.97 Å². The Bertz CT molecular complexity index is 1200. The second-order valence-corrected chi connectivity index (χ2v) is 11.4. The van der Waals surface area contributed by atoms with E-state index in [0.29, 0.717) is 21.5 Å². The van der Waals surface area contributed by atoms with Crippen LogP contribution in [0.15, 0.2) is 35.5 Å². The molecule has 2 heterocycles. The zero-order chi connectivity index (χ0) is 26.5. The van der Waals surface area contributed by atoms with Crippen LogP contribution in [0.3, 0.4) is 0 Å². The van der Waals surface area contributed by atoms with Crippen molar-refractivity contribution in [3.8, 4) is 5.75 Å². The highest BCUT2D eigenvalue weighted by molar-refractivity contribution is 7.99. The topological polar surface area (TPSA) is 95.3 Å².